The summed E-state index contributed by atoms with van der Waals surface area (Å²) < 4.78 is 0. The van der Waals surface area contributed by atoms with Gasteiger partial charge in [0.15, 0.2) is 0 Å². The lowest BCUT2D eigenvalue weighted by atomic mass is 9.95. The zero-order valence-electron chi connectivity index (χ0n) is 15.2. The van der Waals surface area contributed by atoms with Crippen molar-refractivity contribution < 1.29 is 4.79 Å². The van der Waals surface area contributed by atoms with Crippen LogP contribution in [0.25, 0.3) is 0 Å². The predicted molar refractivity (Wildman–Crippen MR) is 111 cm³/mol. The summed E-state index contributed by atoms with van der Waals surface area (Å²) >= 11 is 1.73. The molecule has 0 saturated heterocycles. The maximum absolute atomic E-state index is 12.6. The number of amides is 1. The zero-order chi connectivity index (χ0) is 18.6. The summed E-state index contributed by atoms with van der Waals surface area (Å²) in [4.78, 5) is 19.5. The van der Waals surface area contributed by atoms with Crippen LogP contribution in [0.1, 0.15) is 40.9 Å². The van der Waals surface area contributed by atoms with Crippen molar-refractivity contribution >= 4 is 34.8 Å². The first kappa shape index (κ1) is 18.1. The van der Waals surface area contributed by atoms with Gasteiger partial charge < -0.3 is 5.32 Å². The summed E-state index contributed by atoms with van der Waals surface area (Å²) in [5.74, 6) is -0.162. The largest absolute Gasteiger partial charge is 0.322 e. The molecule has 3 aromatic rings. The molecule has 1 aromatic heterocycles. The highest BCUT2D eigenvalue weighted by molar-refractivity contribution is 7.13. The highest BCUT2D eigenvalue weighted by atomic mass is 32.1. The van der Waals surface area contributed by atoms with E-state index in [0.29, 0.717) is 11.3 Å². The lowest BCUT2D eigenvalue weighted by molar-refractivity contribution is 0.102. The van der Waals surface area contributed by atoms with E-state index in [9.17, 15) is 4.79 Å². The van der Waals surface area contributed by atoms with Gasteiger partial charge in [0.1, 0.15) is 0 Å². The first-order valence-corrected chi connectivity index (χ1v) is 9.35. The van der Waals surface area contributed by atoms with Crippen LogP contribution in [0.4, 0.5) is 11.4 Å². The topological polar surface area (TPSA) is 41.5 Å². The van der Waals surface area contributed by atoms with E-state index in [2.05, 4.69) is 43.2 Å². The fourth-order valence-corrected chi connectivity index (χ4v) is 3.39. The quantitative estimate of drug-likeness (QED) is 0.564. The van der Waals surface area contributed by atoms with Crippen molar-refractivity contribution in [2.24, 2.45) is 4.99 Å². The van der Waals surface area contributed by atoms with E-state index in [1.54, 1.807) is 17.4 Å². The summed E-state index contributed by atoms with van der Waals surface area (Å²) in [6, 6.07) is 21.0. The number of hydrogen-bond acceptors (Lipinski definition) is 3. The second kappa shape index (κ2) is 7.67. The van der Waals surface area contributed by atoms with Gasteiger partial charge in [0.2, 0.25) is 0 Å². The average Bonchev–Trinajstić information content (AvgIpc) is 3.10. The van der Waals surface area contributed by atoms with Crippen molar-refractivity contribution in [2.45, 2.75) is 26.2 Å². The minimum atomic E-state index is -0.162. The number of aliphatic imine (C=N–C) groups is 1. The fourth-order valence-electron chi connectivity index (χ4n) is 2.46. The van der Waals surface area contributed by atoms with Gasteiger partial charge in [0, 0.05) is 21.7 Å². The van der Waals surface area contributed by atoms with Gasteiger partial charge in [-0.1, -0.05) is 51.1 Å². The van der Waals surface area contributed by atoms with Crippen LogP contribution in [-0.4, -0.2) is 12.1 Å². The van der Waals surface area contributed by atoms with E-state index < -0.39 is 0 Å². The van der Waals surface area contributed by atoms with Crippen molar-refractivity contribution in [3.05, 3.63) is 82.0 Å². The highest BCUT2D eigenvalue weighted by Gasteiger charge is 2.15. The molecular formula is C22H22N2OS. The maximum atomic E-state index is 12.6. The Morgan fingerprint density at radius 3 is 2.35 bits per heavy atom. The van der Waals surface area contributed by atoms with Crippen LogP contribution < -0.4 is 5.32 Å². The van der Waals surface area contributed by atoms with Gasteiger partial charge in [-0.3, -0.25) is 9.79 Å². The normalized spacial score (nSPS) is 11.7. The summed E-state index contributed by atoms with van der Waals surface area (Å²) in [7, 11) is 0. The highest BCUT2D eigenvalue weighted by Crippen LogP contribution is 2.29. The van der Waals surface area contributed by atoms with Gasteiger partial charge in [-0.25, -0.2) is 0 Å². The van der Waals surface area contributed by atoms with Crippen LogP contribution in [0.15, 0.2) is 71.7 Å². The number of carbonyl (C=O) groups is 1. The van der Waals surface area contributed by atoms with Crippen molar-refractivity contribution in [3.8, 4) is 0 Å². The van der Waals surface area contributed by atoms with Gasteiger partial charge in [-0.2, -0.15) is 0 Å². The molecule has 0 aliphatic heterocycles. The number of nitrogens with zero attached hydrogens (tertiary/aromatic N) is 1. The van der Waals surface area contributed by atoms with Crippen LogP contribution in [0.2, 0.25) is 0 Å². The Morgan fingerprint density at radius 1 is 0.962 bits per heavy atom. The first-order chi connectivity index (χ1) is 12.4. The first-order valence-electron chi connectivity index (χ1n) is 8.53. The second-order valence-electron chi connectivity index (χ2n) is 7.05. The number of para-hydroxylation sites is 2. The Morgan fingerprint density at radius 2 is 1.65 bits per heavy atom. The predicted octanol–water partition coefficient (Wildman–Crippen LogP) is 6.05. The number of nitrogens with one attached hydrogen (secondary N) is 1. The average molecular weight is 362 g/mol. The molecule has 3 nitrogen and oxygen atoms in total. The van der Waals surface area contributed by atoms with Crippen LogP contribution in [-0.2, 0) is 5.41 Å². The summed E-state index contributed by atoms with van der Waals surface area (Å²) in [6.45, 7) is 6.59. The van der Waals surface area contributed by atoms with E-state index in [4.69, 9.17) is 0 Å². The van der Waals surface area contributed by atoms with Crippen LogP contribution in [0.5, 0.6) is 0 Å². The van der Waals surface area contributed by atoms with Crippen molar-refractivity contribution in [1.82, 2.24) is 0 Å². The van der Waals surface area contributed by atoms with Gasteiger partial charge in [-0.05, 0) is 41.8 Å². The zero-order valence-corrected chi connectivity index (χ0v) is 16.0. The molecule has 0 saturated carbocycles. The molecule has 0 aliphatic carbocycles. The molecule has 0 unspecified atom stereocenters. The van der Waals surface area contributed by atoms with E-state index >= 15 is 0 Å². The minimum Gasteiger partial charge on any atom is -0.322 e. The molecule has 0 radical (unpaired) electrons. The Hall–Kier alpha value is -2.72. The summed E-state index contributed by atoms with van der Waals surface area (Å²) in [5, 5.41) is 2.91. The van der Waals surface area contributed by atoms with E-state index in [1.165, 1.54) is 4.88 Å². The molecule has 132 valence electrons. The van der Waals surface area contributed by atoms with Crippen LogP contribution in [0, 0.1) is 0 Å². The third kappa shape index (κ3) is 4.46. The van der Waals surface area contributed by atoms with Gasteiger partial charge >= 0.3 is 0 Å². The Kier molecular flexibility index (Phi) is 5.33. The minimum absolute atomic E-state index is 0.129. The molecule has 3 rings (SSSR count). The van der Waals surface area contributed by atoms with Gasteiger partial charge in [0.25, 0.3) is 5.91 Å². The molecular weight excluding hydrogens is 340 g/mol. The molecule has 1 amide bonds. The number of thiophene rings is 1. The third-order valence-corrected chi connectivity index (χ3v) is 5.32. The second-order valence-corrected chi connectivity index (χ2v) is 8.16. The SMILES string of the molecule is CC(C)(C)c1ccc(C=Nc2ccccc2C(=O)Nc2ccccc2)s1. The lowest BCUT2D eigenvalue weighted by Crippen LogP contribution is -2.11. The van der Waals surface area contributed by atoms with Crippen LogP contribution in [0.3, 0.4) is 0 Å². The lowest BCUT2D eigenvalue weighted by Gasteiger charge is -2.15. The Labute approximate surface area is 158 Å². The molecule has 0 atom stereocenters. The number of anilines is 1. The maximum Gasteiger partial charge on any atom is 0.257 e. The molecule has 1 heterocycles. The van der Waals surface area contributed by atoms with Gasteiger partial charge in [0.05, 0.1) is 11.3 Å². The number of rotatable bonds is 4. The third-order valence-electron chi connectivity index (χ3n) is 3.88. The van der Waals surface area contributed by atoms with Crippen molar-refractivity contribution in [3.63, 3.8) is 0 Å². The standard InChI is InChI=1S/C22H22N2OS/c1-22(2,3)20-14-13-17(26-20)15-23-19-12-8-7-11-18(19)21(25)24-16-9-5-4-6-10-16/h4-15H,1-3H3,(H,24,25). The summed E-state index contributed by atoms with van der Waals surface area (Å²) in [6.07, 6.45) is 1.83. The van der Waals surface area contributed by atoms with Crippen LogP contribution >= 0.6 is 11.3 Å². The molecule has 0 fully saturated rings. The van der Waals surface area contributed by atoms with E-state index in [-0.39, 0.29) is 11.3 Å². The Bertz CT molecular complexity index is 921. The number of benzene rings is 2. The van der Waals surface area contributed by atoms with Crippen molar-refractivity contribution in [2.75, 3.05) is 5.32 Å². The van der Waals surface area contributed by atoms with Crippen molar-refractivity contribution in [1.29, 1.82) is 0 Å². The van der Waals surface area contributed by atoms with E-state index in [1.807, 2.05) is 54.7 Å². The molecule has 2 aromatic carbocycles. The van der Waals surface area contributed by atoms with Gasteiger partial charge in [-0.15, -0.1) is 11.3 Å². The molecule has 4 heteroatoms. The molecule has 0 aliphatic rings. The molecule has 0 spiro atoms. The molecule has 26 heavy (non-hydrogen) atoms. The Balaban J connectivity index is 1.81. The fraction of sp³-hybridized carbons (Fsp3) is 0.182. The molecule has 1 N–H and O–H groups in total. The number of carbonyl (C=O) groups excluding carboxylic acids is 1. The summed E-state index contributed by atoms with van der Waals surface area (Å²) in [5.41, 5.74) is 2.11. The smallest absolute Gasteiger partial charge is 0.257 e. The molecule has 0 bridgehead atoms. The number of hydrogen-bond donors (Lipinski definition) is 1. The van der Waals surface area contributed by atoms with E-state index in [0.717, 1.165) is 10.6 Å². The monoisotopic (exact) mass is 362 g/mol.